The van der Waals surface area contributed by atoms with Gasteiger partial charge in [0.05, 0.1) is 17.4 Å². The first kappa shape index (κ1) is 18.7. The standard InChI is InChI=1S/C20H19N5OS2/c1-13(18(26)22-19-16(11-21)9-10-27-19)28-20-24-23-17(15-7-8-15)25(20)12-14-5-3-2-4-6-14/h2-6,9-10,13,15H,7-8,12H2,1H3,(H,22,26)/t13-/m1/s1. The van der Waals surface area contributed by atoms with Crippen LogP contribution in [0.15, 0.2) is 46.9 Å². The molecule has 0 bridgehead atoms. The number of thiophene rings is 1. The molecule has 0 aliphatic heterocycles. The molecule has 1 aliphatic carbocycles. The number of anilines is 1. The number of carbonyl (C=O) groups excluding carboxylic acids is 1. The summed E-state index contributed by atoms with van der Waals surface area (Å²) in [6, 6.07) is 14.0. The Labute approximate surface area is 171 Å². The van der Waals surface area contributed by atoms with Crippen LogP contribution in [0, 0.1) is 11.3 Å². The van der Waals surface area contributed by atoms with Gasteiger partial charge in [0.25, 0.3) is 0 Å². The van der Waals surface area contributed by atoms with E-state index in [1.807, 2.05) is 25.1 Å². The first-order valence-corrected chi connectivity index (χ1v) is 10.8. The predicted octanol–water partition coefficient (Wildman–Crippen LogP) is 4.26. The maximum Gasteiger partial charge on any atom is 0.238 e. The number of rotatable bonds is 7. The number of aromatic nitrogens is 3. The number of carbonyl (C=O) groups is 1. The molecule has 0 spiro atoms. The van der Waals surface area contributed by atoms with Crippen LogP contribution in [0.2, 0.25) is 0 Å². The van der Waals surface area contributed by atoms with E-state index in [1.54, 1.807) is 11.4 Å². The highest BCUT2D eigenvalue weighted by Crippen LogP contribution is 2.40. The van der Waals surface area contributed by atoms with Gasteiger partial charge in [-0.3, -0.25) is 4.79 Å². The Bertz CT molecular complexity index is 1020. The number of hydrogen-bond acceptors (Lipinski definition) is 6. The largest absolute Gasteiger partial charge is 0.316 e. The number of nitriles is 1. The van der Waals surface area contributed by atoms with Crippen LogP contribution in [-0.2, 0) is 11.3 Å². The van der Waals surface area contributed by atoms with Crippen molar-refractivity contribution in [3.8, 4) is 6.07 Å². The topological polar surface area (TPSA) is 83.6 Å². The van der Waals surface area contributed by atoms with Crippen molar-refractivity contribution in [2.75, 3.05) is 5.32 Å². The lowest BCUT2D eigenvalue weighted by Crippen LogP contribution is -2.23. The summed E-state index contributed by atoms with van der Waals surface area (Å²) in [6.45, 7) is 2.54. The molecule has 8 heteroatoms. The molecule has 1 atom stereocenters. The van der Waals surface area contributed by atoms with Gasteiger partial charge in [0, 0.05) is 5.92 Å². The van der Waals surface area contributed by atoms with Crippen LogP contribution in [0.25, 0.3) is 0 Å². The quantitative estimate of drug-likeness (QED) is 0.590. The maximum absolute atomic E-state index is 12.6. The monoisotopic (exact) mass is 409 g/mol. The molecule has 3 aromatic rings. The first-order valence-electron chi connectivity index (χ1n) is 9.08. The maximum atomic E-state index is 12.6. The minimum atomic E-state index is -0.362. The van der Waals surface area contributed by atoms with Crippen LogP contribution in [-0.4, -0.2) is 25.9 Å². The third kappa shape index (κ3) is 4.11. The molecule has 1 fully saturated rings. The predicted molar refractivity (Wildman–Crippen MR) is 111 cm³/mol. The fraction of sp³-hybridized carbons (Fsp3) is 0.300. The van der Waals surface area contributed by atoms with E-state index in [-0.39, 0.29) is 11.2 Å². The molecular weight excluding hydrogens is 390 g/mol. The SMILES string of the molecule is C[C@@H](Sc1nnc(C2CC2)n1Cc1ccccc1)C(=O)Nc1sccc1C#N. The lowest BCUT2D eigenvalue weighted by atomic mass is 10.2. The first-order chi connectivity index (χ1) is 13.7. The Kier molecular flexibility index (Phi) is 5.46. The van der Waals surface area contributed by atoms with Crippen molar-refractivity contribution < 1.29 is 4.79 Å². The fourth-order valence-electron chi connectivity index (χ4n) is 2.86. The Morgan fingerprint density at radius 2 is 2.14 bits per heavy atom. The Balaban J connectivity index is 1.51. The molecule has 1 aromatic carbocycles. The van der Waals surface area contributed by atoms with E-state index in [9.17, 15) is 4.79 Å². The summed E-state index contributed by atoms with van der Waals surface area (Å²) in [5.41, 5.74) is 1.67. The number of nitrogens with one attached hydrogen (secondary N) is 1. The lowest BCUT2D eigenvalue weighted by Gasteiger charge is -2.13. The summed E-state index contributed by atoms with van der Waals surface area (Å²) in [5, 5.41) is 23.5. The second-order valence-electron chi connectivity index (χ2n) is 6.71. The van der Waals surface area contributed by atoms with Gasteiger partial charge in [0.15, 0.2) is 5.16 Å². The van der Waals surface area contributed by atoms with Gasteiger partial charge in [-0.05, 0) is 36.8 Å². The van der Waals surface area contributed by atoms with Crippen molar-refractivity contribution in [1.29, 1.82) is 5.26 Å². The second-order valence-corrected chi connectivity index (χ2v) is 8.94. The van der Waals surface area contributed by atoms with Gasteiger partial charge in [0.1, 0.15) is 16.9 Å². The smallest absolute Gasteiger partial charge is 0.238 e. The Hall–Kier alpha value is -2.63. The van der Waals surface area contributed by atoms with Gasteiger partial charge in [0.2, 0.25) is 5.91 Å². The summed E-state index contributed by atoms with van der Waals surface area (Å²) >= 11 is 2.75. The van der Waals surface area contributed by atoms with Gasteiger partial charge < -0.3 is 9.88 Å². The van der Waals surface area contributed by atoms with Crippen LogP contribution in [0.1, 0.15) is 42.6 Å². The Morgan fingerprint density at radius 3 is 2.86 bits per heavy atom. The van der Waals surface area contributed by atoms with Crippen LogP contribution >= 0.6 is 23.1 Å². The highest BCUT2D eigenvalue weighted by Gasteiger charge is 2.31. The average Bonchev–Trinajstić information content (AvgIpc) is 3.34. The minimum Gasteiger partial charge on any atom is -0.316 e. The van der Waals surface area contributed by atoms with Crippen LogP contribution < -0.4 is 5.32 Å². The average molecular weight is 410 g/mol. The third-order valence-corrected chi connectivity index (χ3v) is 6.46. The zero-order valence-electron chi connectivity index (χ0n) is 15.3. The zero-order chi connectivity index (χ0) is 19.5. The number of nitrogens with zero attached hydrogens (tertiary/aromatic N) is 4. The van der Waals surface area contributed by atoms with E-state index < -0.39 is 0 Å². The molecule has 1 aliphatic rings. The van der Waals surface area contributed by atoms with Gasteiger partial charge in [-0.1, -0.05) is 42.1 Å². The molecule has 2 aromatic heterocycles. The molecule has 6 nitrogen and oxygen atoms in total. The highest BCUT2D eigenvalue weighted by atomic mass is 32.2. The minimum absolute atomic E-state index is 0.147. The van der Waals surface area contributed by atoms with Gasteiger partial charge in [-0.2, -0.15) is 5.26 Å². The van der Waals surface area contributed by atoms with Crippen molar-refractivity contribution in [3.05, 3.63) is 58.7 Å². The van der Waals surface area contributed by atoms with Crippen molar-refractivity contribution >= 4 is 34.0 Å². The van der Waals surface area contributed by atoms with Crippen LogP contribution in [0.3, 0.4) is 0 Å². The van der Waals surface area contributed by atoms with Gasteiger partial charge in [-0.15, -0.1) is 21.5 Å². The van der Waals surface area contributed by atoms with E-state index in [2.05, 4.69) is 38.3 Å². The normalized spacial score (nSPS) is 14.4. The molecule has 1 amide bonds. The van der Waals surface area contributed by atoms with E-state index >= 15 is 0 Å². The second kappa shape index (κ2) is 8.17. The summed E-state index contributed by atoms with van der Waals surface area (Å²) in [7, 11) is 0. The van der Waals surface area contributed by atoms with E-state index in [0.717, 1.165) is 23.8 Å². The summed E-state index contributed by atoms with van der Waals surface area (Å²) < 4.78 is 2.13. The molecule has 2 heterocycles. The van der Waals surface area contributed by atoms with Crippen molar-refractivity contribution in [2.24, 2.45) is 0 Å². The lowest BCUT2D eigenvalue weighted by molar-refractivity contribution is -0.115. The molecule has 142 valence electrons. The highest BCUT2D eigenvalue weighted by molar-refractivity contribution is 8.00. The molecule has 4 rings (SSSR count). The van der Waals surface area contributed by atoms with Crippen LogP contribution in [0.5, 0.6) is 0 Å². The van der Waals surface area contributed by atoms with Gasteiger partial charge in [-0.25, -0.2) is 0 Å². The molecule has 0 unspecified atom stereocenters. The van der Waals surface area contributed by atoms with E-state index in [0.29, 0.717) is 23.0 Å². The molecule has 0 radical (unpaired) electrons. The van der Waals surface area contributed by atoms with Crippen molar-refractivity contribution in [2.45, 2.75) is 42.6 Å². The van der Waals surface area contributed by atoms with E-state index in [1.165, 1.54) is 28.7 Å². The van der Waals surface area contributed by atoms with Crippen molar-refractivity contribution in [3.63, 3.8) is 0 Å². The number of amides is 1. The molecular formula is C20H19N5OS2. The molecule has 1 N–H and O–H groups in total. The van der Waals surface area contributed by atoms with Gasteiger partial charge >= 0.3 is 0 Å². The summed E-state index contributed by atoms with van der Waals surface area (Å²) in [6.07, 6.45) is 2.28. The van der Waals surface area contributed by atoms with E-state index in [4.69, 9.17) is 5.26 Å². The summed E-state index contributed by atoms with van der Waals surface area (Å²) in [5.74, 6) is 1.33. The molecule has 28 heavy (non-hydrogen) atoms. The number of benzene rings is 1. The fourth-order valence-corrected chi connectivity index (χ4v) is 4.46. The summed E-state index contributed by atoms with van der Waals surface area (Å²) in [4.78, 5) is 12.6. The molecule has 0 saturated heterocycles. The Morgan fingerprint density at radius 1 is 1.36 bits per heavy atom. The van der Waals surface area contributed by atoms with Crippen LogP contribution in [0.4, 0.5) is 5.00 Å². The number of hydrogen-bond donors (Lipinski definition) is 1. The zero-order valence-corrected chi connectivity index (χ0v) is 17.0. The molecule has 1 saturated carbocycles. The van der Waals surface area contributed by atoms with Crippen molar-refractivity contribution in [1.82, 2.24) is 14.8 Å². The third-order valence-electron chi connectivity index (χ3n) is 4.55. The number of thioether (sulfide) groups is 1.